The summed E-state index contributed by atoms with van der Waals surface area (Å²) in [5, 5.41) is 10.7. The number of benzene rings is 2. The highest BCUT2D eigenvalue weighted by Crippen LogP contribution is 2.24. The zero-order valence-electron chi connectivity index (χ0n) is 12.0. The Morgan fingerprint density at radius 2 is 1.87 bits per heavy atom. The number of carbonyl (C=O) groups is 1. The van der Waals surface area contributed by atoms with Crippen LogP contribution in [-0.4, -0.2) is 13.1 Å². The number of azo groups is 1. The Labute approximate surface area is 130 Å². The van der Waals surface area contributed by atoms with Gasteiger partial charge < -0.3 is 4.74 Å². The van der Waals surface area contributed by atoms with Crippen LogP contribution in [0, 0.1) is 17.2 Å². The maximum absolute atomic E-state index is 13.5. The number of methoxy groups -OCH3 is 1. The summed E-state index contributed by atoms with van der Waals surface area (Å²) in [6.45, 7) is 0. The van der Waals surface area contributed by atoms with Crippen molar-refractivity contribution in [1.29, 1.82) is 5.53 Å². The molecule has 6 nitrogen and oxygen atoms in total. The molecule has 2 rings (SSSR count). The second-order valence-corrected chi connectivity index (χ2v) is 4.43. The van der Waals surface area contributed by atoms with Crippen molar-refractivity contribution in [3.8, 4) is 0 Å². The molecule has 2 aromatic carbocycles. The van der Waals surface area contributed by atoms with E-state index < -0.39 is 23.8 Å². The van der Waals surface area contributed by atoms with Gasteiger partial charge in [-0.05, 0) is 24.3 Å². The first-order valence-electron chi connectivity index (χ1n) is 6.46. The second-order valence-electron chi connectivity index (χ2n) is 4.43. The van der Waals surface area contributed by atoms with Gasteiger partial charge >= 0.3 is 5.97 Å². The van der Waals surface area contributed by atoms with E-state index in [1.54, 1.807) is 0 Å². The average molecular weight is 318 g/mol. The minimum Gasteiger partial charge on any atom is -0.465 e. The SMILES string of the molecule is COC(=O)c1ccc(C(N=N)N=Nc2ccc(F)cc2F)cc1. The van der Waals surface area contributed by atoms with E-state index in [1.165, 1.54) is 31.4 Å². The summed E-state index contributed by atoms with van der Waals surface area (Å²) < 4.78 is 30.9. The topological polar surface area (TPSA) is 87.2 Å². The van der Waals surface area contributed by atoms with Gasteiger partial charge in [0.1, 0.15) is 11.5 Å². The van der Waals surface area contributed by atoms with Gasteiger partial charge in [0.05, 0.1) is 12.7 Å². The lowest BCUT2D eigenvalue weighted by Gasteiger charge is -2.06. The highest BCUT2D eigenvalue weighted by molar-refractivity contribution is 5.89. The van der Waals surface area contributed by atoms with Gasteiger partial charge in [-0.3, -0.25) is 0 Å². The first kappa shape index (κ1) is 16.3. The fraction of sp³-hybridized carbons (Fsp3) is 0.133. The lowest BCUT2D eigenvalue weighted by Crippen LogP contribution is -2.01. The number of nitrogens with one attached hydrogen (secondary N) is 1. The highest BCUT2D eigenvalue weighted by Gasteiger charge is 2.11. The number of ether oxygens (including phenoxy) is 1. The molecule has 118 valence electrons. The van der Waals surface area contributed by atoms with E-state index in [0.29, 0.717) is 17.2 Å². The number of hydrogen-bond donors (Lipinski definition) is 1. The number of nitrogens with zero attached hydrogens (tertiary/aromatic N) is 3. The maximum atomic E-state index is 13.5. The van der Waals surface area contributed by atoms with Crippen LogP contribution in [0.2, 0.25) is 0 Å². The van der Waals surface area contributed by atoms with Crippen LogP contribution in [0.15, 0.2) is 57.8 Å². The summed E-state index contributed by atoms with van der Waals surface area (Å²) in [4.78, 5) is 11.3. The van der Waals surface area contributed by atoms with Gasteiger partial charge in [0.25, 0.3) is 0 Å². The molecule has 0 aliphatic carbocycles. The maximum Gasteiger partial charge on any atom is 0.337 e. The van der Waals surface area contributed by atoms with Gasteiger partial charge in [-0.15, -0.1) is 0 Å². The number of rotatable bonds is 5. The molecule has 2 aromatic rings. The Bertz CT molecular complexity index is 748. The molecule has 0 saturated carbocycles. The Morgan fingerprint density at radius 3 is 2.43 bits per heavy atom. The summed E-state index contributed by atoms with van der Waals surface area (Å²) in [7, 11) is 1.27. The fourth-order valence-electron chi connectivity index (χ4n) is 1.76. The lowest BCUT2D eigenvalue weighted by atomic mass is 10.1. The second kappa shape index (κ2) is 7.30. The summed E-state index contributed by atoms with van der Waals surface area (Å²) >= 11 is 0. The van der Waals surface area contributed by atoms with Crippen molar-refractivity contribution in [3.63, 3.8) is 0 Å². The Balaban J connectivity index is 2.21. The van der Waals surface area contributed by atoms with Crippen molar-refractivity contribution in [3.05, 3.63) is 65.2 Å². The van der Waals surface area contributed by atoms with Crippen molar-refractivity contribution in [2.75, 3.05) is 7.11 Å². The zero-order valence-corrected chi connectivity index (χ0v) is 12.0. The predicted molar refractivity (Wildman–Crippen MR) is 76.5 cm³/mol. The molecule has 0 fully saturated rings. The van der Waals surface area contributed by atoms with E-state index in [0.717, 1.165) is 12.1 Å². The van der Waals surface area contributed by atoms with E-state index in [4.69, 9.17) is 5.53 Å². The summed E-state index contributed by atoms with van der Waals surface area (Å²) in [6, 6.07) is 8.93. The summed E-state index contributed by atoms with van der Waals surface area (Å²) in [6.07, 6.45) is -0.994. The van der Waals surface area contributed by atoms with Crippen molar-refractivity contribution in [2.45, 2.75) is 6.17 Å². The molecule has 0 radical (unpaired) electrons. The largest absolute Gasteiger partial charge is 0.465 e. The smallest absolute Gasteiger partial charge is 0.337 e. The average Bonchev–Trinajstić information content (AvgIpc) is 2.57. The molecule has 0 spiro atoms. The van der Waals surface area contributed by atoms with E-state index in [9.17, 15) is 13.6 Å². The quantitative estimate of drug-likeness (QED) is 0.647. The lowest BCUT2D eigenvalue weighted by molar-refractivity contribution is 0.0600. The van der Waals surface area contributed by atoms with Crippen LogP contribution < -0.4 is 0 Å². The van der Waals surface area contributed by atoms with Crippen molar-refractivity contribution < 1.29 is 18.3 Å². The van der Waals surface area contributed by atoms with Crippen LogP contribution in [0.1, 0.15) is 22.1 Å². The molecule has 23 heavy (non-hydrogen) atoms. The third-order valence-electron chi connectivity index (χ3n) is 2.94. The number of hydrogen-bond acceptors (Lipinski definition) is 6. The number of halogens is 2. The van der Waals surface area contributed by atoms with Crippen LogP contribution in [0.4, 0.5) is 14.5 Å². The van der Waals surface area contributed by atoms with Gasteiger partial charge in [-0.1, -0.05) is 12.1 Å². The Morgan fingerprint density at radius 1 is 1.17 bits per heavy atom. The van der Waals surface area contributed by atoms with Gasteiger partial charge in [-0.2, -0.15) is 15.3 Å². The summed E-state index contributed by atoms with van der Waals surface area (Å²) in [5.74, 6) is -2.08. The van der Waals surface area contributed by atoms with Crippen LogP contribution in [0.25, 0.3) is 0 Å². The molecular formula is C15H12F2N4O2. The Kier molecular flexibility index (Phi) is 5.19. The molecule has 0 aliphatic heterocycles. The molecule has 8 heteroatoms. The molecule has 1 unspecified atom stereocenters. The zero-order chi connectivity index (χ0) is 16.8. The molecular weight excluding hydrogens is 306 g/mol. The number of carbonyl (C=O) groups excluding carboxylic acids is 1. The highest BCUT2D eigenvalue weighted by atomic mass is 19.1. The standard InChI is InChI=1S/C15H12F2N4O2/c1-23-15(22)10-4-2-9(3-5-10)14(19-18)21-20-13-7-6-11(16)8-12(13)17/h2-8,14,18H,1H3. The van der Waals surface area contributed by atoms with E-state index >= 15 is 0 Å². The molecule has 0 amide bonds. The monoisotopic (exact) mass is 318 g/mol. The first-order valence-corrected chi connectivity index (χ1v) is 6.46. The summed E-state index contributed by atoms with van der Waals surface area (Å²) in [5.41, 5.74) is 7.81. The minimum absolute atomic E-state index is 0.161. The molecule has 0 saturated heterocycles. The third kappa shape index (κ3) is 4.00. The number of esters is 1. The molecule has 1 N–H and O–H groups in total. The Hall–Kier alpha value is -3.03. The molecule has 0 heterocycles. The van der Waals surface area contributed by atoms with Crippen LogP contribution >= 0.6 is 0 Å². The fourth-order valence-corrected chi connectivity index (χ4v) is 1.76. The molecule has 0 aliphatic rings. The first-order chi connectivity index (χ1) is 11.0. The molecule has 0 bridgehead atoms. The molecule has 0 aromatic heterocycles. The van der Waals surface area contributed by atoms with E-state index in [2.05, 4.69) is 20.1 Å². The van der Waals surface area contributed by atoms with Gasteiger partial charge in [0.2, 0.25) is 6.17 Å². The van der Waals surface area contributed by atoms with Crippen molar-refractivity contribution in [1.82, 2.24) is 0 Å². The van der Waals surface area contributed by atoms with E-state index in [1.807, 2.05) is 0 Å². The van der Waals surface area contributed by atoms with Crippen LogP contribution in [-0.2, 0) is 4.74 Å². The van der Waals surface area contributed by atoms with Crippen LogP contribution in [0.5, 0.6) is 0 Å². The van der Waals surface area contributed by atoms with Crippen molar-refractivity contribution in [2.24, 2.45) is 15.3 Å². The minimum atomic E-state index is -0.994. The normalized spacial score (nSPS) is 12.1. The van der Waals surface area contributed by atoms with Crippen LogP contribution in [0.3, 0.4) is 0 Å². The molecule has 1 atom stereocenters. The van der Waals surface area contributed by atoms with E-state index in [-0.39, 0.29) is 5.69 Å². The van der Waals surface area contributed by atoms with Gasteiger partial charge in [-0.25, -0.2) is 19.1 Å². The third-order valence-corrected chi connectivity index (χ3v) is 2.94. The van der Waals surface area contributed by atoms with Crippen molar-refractivity contribution >= 4 is 11.7 Å². The predicted octanol–water partition coefficient (Wildman–Crippen LogP) is 4.56. The van der Waals surface area contributed by atoms with Gasteiger partial charge in [0.15, 0.2) is 5.82 Å². The van der Waals surface area contributed by atoms with Gasteiger partial charge in [0, 0.05) is 11.6 Å².